The van der Waals surface area contributed by atoms with E-state index < -0.39 is 5.97 Å². The molecule has 2 heterocycles. The summed E-state index contributed by atoms with van der Waals surface area (Å²) in [7, 11) is 0. The topological polar surface area (TPSA) is 66.6 Å². The highest BCUT2D eigenvalue weighted by Crippen LogP contribution is 2.31. The van der Waals surface area contributed by atoms with Crippen molar-refractivity contribution >= 4 is 17.6 Å². The van der Waals surface area contributed by atoms with Crippen LogP contribution in [0.2, 0.25) is 5.02 Å². The molecule has 132 valence electrons. The maximum atomic E-state index is 11.4. The summed E-state index contributed by atoms with van der Waals surface area (Å²) in [4.78, 5) is 13.7. The molecule has 0 aliphatic carbocycles. The molecule has 1 aliphatic heterocycles. The second kappa shape index (κ2) is 6.94. The van der Waals surface area contributed by atoms with Gasteiger partial charge in [0.15, 0.2) is 0 Å². The Labute approximate surface area is 155 Å². The number of benzene rings is 2. The summed E-state index contributed by atoms with van der Waals surface area (Å²) in [6, 6.07) is 14.7. The predicted molar refractivity (Wildman–Crippen MR) is 98.2 cm³/mol. The van der Waals surface area contributed by atoms with Gasteiger partial charge >= 0.3 is 5.97 Å². The molecular formula is C20H17ClN2O3. The van der Waals surface area contributed by atoms with E-state index in [4.69, 9.17) is 16.1 Å². The van der Waals surface area contributed by atoms with Gasteiger partial charge in [-0.25, -0.2) is 4.79 Å². The van der Waals surface area contributed by atoms with Crippen LogP contribution in [0.25, 0.3) is 11.3 Å². The molecule has 0 radical (unpaired) electrons. The van der Waals surface area contributed by atoms with Gasteiger partial charge in [-0.05, 0) is 23.8 Å². The maximum absolute atomic E-state index is 11.4. The average Bonchev–Trinajstić information content (AvgIpc) is 3.06. The number of hydrogen-bond donors (Lipinski definition) is 1. The van der Waals surface area contributed by atoms with Gasteiger partial charge in [-0.15, -0.1) is 0 Å². The molecule has 0 saturated carbocycles. The van der Waals surface area contributed by atoms with Crippen molar-refractivity contribution in [2.75, 3.05) is 6.54 Å². The highest BCUT2D eigenvalue weighted by atomic mass is 35.5. The van der Waals surface area contributed by atoms with Crippen LogP contribution in [0.1, 0.15) is 27.2 Å². The molecule has 3 aromatic rings. The Kier molecular flexibility index (Phi) is 4.49. The molecule has 0 bridgehead atoms. The number of carboxylic acids is 1. The molecule has 0 unspecified atom stereocenters. The molecule has 0 amide bonds. The van der Waals surface area contributed by atoms with Crippen LogP contribution in [-0.2, 0) is 19.5 Å². The van der Waals surface area contributed by atoms with E-state index in [1.165, 1.54) is 0 Å². The van der Waals surface area contributed by atoms with Gasteiger partial charge in [0.1, 0.15) is 11.5 Å². The maximum Gasteiger partial charge on any atom is 0.336 e. The Morgan fingerprint density at radius 2 is 1.96 bits per heavy atom. The van der Waals surface area contributed by atoms with Crippen LogP contribution < -0.4 is 0 Å². The second-order valence-corrected chi connectivity index (χ2v) is 6.80. The first-order valence-electron chi connectivity index (χ1n) is 8.39. The van der Waals surface area contributed by atoms with Crippen molar-refractivity contribution in [2.24, 2.45) is 0 Å². The molecule has 0 spiro atoms. The summed E-state index contributed by atoms with van der Waals surface area (Å²) in [5.74, 6) is 0.00264. The normalized spacial score (nSPS) is 14.2. The van der Waals surface area contributed by atoms with Crippen molar-refractivity contribution in [1.29, 1.82) is 0 Å². The lowest BCUT2D eigenvalue weighted by Crippen LogP contribution is -2.30. The number of halogens is 1. The first-order chi connectivity index (χ1) is 12.6. The molecule has 0 atom stereocenters. The van der Waals surface area contributed by atoms with Gasteiger partial charge in [-0.1, -0.05) is 47.1 Å². The van der Waals surface area contributed by atoms with E-state index in [9.17, 15) is 9.90 Å². The summed E-state index contributed by atoms with van der Waals surface area (Å²) >= 11 is 5.97. The van der Waals surface area contributed by atoms with E-state index in [-0.39, 0.29) is 0 Å². The van der Waals surface area contributed by atoms with Crippen LogP contribution in [0.15, 0.2) is 53.1 Å². The first-order valence-corrected chi connectivity index (χ1v) is 8.76. The third kappa shape index (κ3) is 3.23. The molecule has 2 aromatic carbocycles. The summed E-state index contributed by atoms with van der Waals surface area (Å²) in [5.41, 5.74) is 4.01. The Morgan fingerprint density at radius 3 is 2.73 bits per heavy atom. The first kappa shape index (κ1) is 16.8. The zero-order valence-electron chi connectivity index (χ0n) is 14.0. The average molecular weight is 369 g/mol. The monoisotopic (exact) mass is 368 g/mol. The zero-order valence-corrected chi connectivity index (χ0v) is 14.7. The quantitative estimate of drug-likeness (QED) is 0.745. The summed E-state index contributed by atoms with van der Waals surface area (Å²) in [6.07, 6.45) is 0.755. The summed E-state index contributed by atoms with van der Waals surface area (Å²) in [5, 5.41) is 14.3. The number of hydrogen-bond acceptors (Lipinski definition) is 4. The van der Waals surface area contributed by atoms with Crippen LogP contribution in [0, 0.1) is 0 Å². The summed E-state index contributed by atoms with van der Waals surface area (Å²) < 4.78 is 5.53. The van der Waals surface area contributed by atoms with Gasteiger partial charge in [0, 0.05) is 42.2 Å². The van der Waals surface area contributed by atoms with Crippen molar-refractivity contribution in [1.82, 2.24) is 10.1 Å². The minimum atomic E-state index is -0.898. The van der Waals surface area contributed by atoms with Crippen molar-refractivity contribution < 1.29 is 14.4 Å². The SMILES string of the molecule is O=C(O)c1ccccc1CN1CCc2onc(-c3ccc(Cl)cc3)c2C1. The fourth-order valence-corrected chi connectivity index (χ4v) is 3.47. The van der Waals surface area contributed by atoms with Crippen molar-refractivity contribution in [3.63, 3.8) is 0 Å². The van der Waals surface area contributed by atoms with Crippen LogP contribution in [0.4, 0.5) is 0 Å². The molecule has 0 saturated heterocycles. The molecule has 26 heavy (non-hydrogen) atoms. The van der Waals surface area contributed by atoms with Gasteiger partial charge in [0.05, 0.1) is 5.56 Å². The Bertz CT molecular complexity index is 950. The highest BCUT2D eigenvalue weighted by molar-refractivity contribution is 6.30. The molecule has 5 nitrogen and oxygen atoms in total. The minimum absolute atomic E-state index is 0.349. The van der Waals surface area contributed by atoms with E-state index in [0.29, 0.717) is 23.7 Å². The molecule has 4 rings (SSSR count). The second-order valence-electron chi connectivity index (χ2n) is 6.36. The Balaban J connectivity index is 1.59. The zero-order chi connectivity index (χ0) is 18.1. The van der Waals surface area contributed by atoms with E-state index in [2.05, 4.69) is 10.1 Å². The molecule has 1 aromatic heterocycles. The lowest BCUT2D eigenvalue weighted by atomic mass is 10.00. The van der Waals surface area contributed by atoms with E-state index >= 15 is 0 Å². The van der Waals surface area contributed by atoms with Gasteiger partial charge in [-0.2, -0.15) is 0 Å². The smallest absolute Gasteiger partial charge is 0.336 e. The van der Waals surface area contributed by atoms with Gasteiger partial charge in [-0.3, -0.25) is 4.90 Å². The van der Waals surface area contributed by atoms with Crippen LogP contribution >= 0.6 is 11.6 Å². The molecule has 6 heteroatoms. The molecule has 0 fully saturated rings. The number of fused-ring (bicyclic) bond motifs is 1. The van der Waals surface area contributed by atoms with Crippen LogP contribution in [-0.4, -0.2) is 27.7 Å². The van der Waals surface area contributed by atoms with E-state index in [0.717, 1.165) is 41.1 Å². The lowest BCUT2D eigenvalue weighted by Gasteiger charge is -2.26. The third-order valence-electron chi connectivity index (χ3n) is 4.67. The Morgan fingerprint density at radius 1 is 1.19 bits per heavy atom. The predicted octanol–water partition coefficient (Wildman–Crippen LogP) is 4.25. The molecule has 1 aliphatic rings. The number of nitrogens with zero attached hydrogens (tertiary/aromatic N) is 2. The summed E-state index contributed by atoms with van der Waals surface area (Å²) in [6.45, 7) is 2.05. The Hall–Kier alpha value is -2.63. The molecule has 1 N–H and O–H groups in total. The third-order valence-corrected chi connectivity index (χ3v) is 4.92. The number of rotatable bonds is 4. The van der Waals surface area contributed by atoms with Crippen LogP contribution in [0.5, 0.6) is 0 Å². The minimum Gasteiger partial charge on any atom is -0.478 e. The largest absolute Gasteiger partial charge is 0.478 e. The number of aromatic nitrogens is 1. The lowest BCUT2D eigenvalue weighted by molar-refractivity contribution is 0.0694. The van der Waals surface area contributed by atoms with E-state index in [1.54, 1.807) is 12.1 Å². The fourth-order valence-electron chi connectivity index (χ4n) is 3.34. The van der Waals surface area contributed by atoms with Crippen molar-refractivity contribution in [3.8, 4) is 11.3 Å². The van der Waals surface area contributed by atoms with Gasteiger partial charge < -0.3 is 9.63 Å². The molecular weight excluding hydrogens is 352 g/mol. The van der Waals surface area contributed by atoms with Crippen molar-refractivity contribution in [2.45, 2.75) is 19.5 Å². The van der Waals surface area contributed by atoms with Crippen molar-refractivity contribution in [3.05, 3.63) is 76.0 Å². The van der Waals surface area contributed by atoms with E-state index in [1.807, 2.05) is 36.4 Å². The standard InChI is InChI=1S/C20H17ClN2O3/c21-15-7-5-13(6-8-15)19-17-12-23(10-9-18(17)26-22-19)11-14-3-1-2-4-16(14)20(24)25/h1-8H,9-12H2,(H,24,25). The highest BCUT2D eigenvalue weighted by Gasteiger charge is 2.25. The number of carbonyl (C=O) groups is 1. The number of carboxylic acid groups (broad SMARTS) is 1. The fraction of sp³-hybridized carbons (Fsp3) is 0.200. The van der Waals surface area contributed by atoms with Crippen LogP contribution in [0.3, 0.4) is 0 Å². The van der Waals surface area contributed by atoms with Gasteiger partial charge in [0.25, 0.3) is 0 Å². The van der Waals surface area contributed by atoms with Gasteiger partial charge in [0.2, 0.25) is 0 Å². The number of aromatic carboxylic acids is 1.